The minimum atomic E-state index is -0.757. The van der Waals surface area contributed by atoms with Crippen molar-refractivity contribution < 1.29 is 33.7 Å². The first-order valence-corrected chi connectivity index (χ1v) is 10.4. The van der Waals surface area contributed by atoms with Crippen LogP contribution < -0.4 is 15.4 Å². The normalized spacial score (nSPS) is 17.9. The monoisotopic (exact) mass is 444 g/mol. The second-order valence-corrected chi connectivity index (χ2v) is 7.63. The SMILES string of the molecule is O=C(NCCNC(=O)c1ccc(F)cc1O)c1ccc(O[C@H]2CC[C@@H](C(=O)O)CC2)cc1. The van der Waals surface area contributed by atoms with Gasteiger partial charge in [0.25, 0.3) is 11.8 Å². The van der Waals surface area contributed by atoms with Crippen molar-refractivity contribution >= 4 is 17.8 Å². The van der Waals surface area contributed by atoms with E-state index in [1.54, 1.807) is 24.3 Å². The van der Waals surface area contributed by atoms with Crippen LogP contribution in [0.2, 0.25) is 0 Å². The molecule has 8 nitrogen and oxygen atoms in total. The quantitative estimate of drug-likeness (QED) is 0.464. The number of phenolic OH excluding ortho intramolecular Hbond substituents is 1. The van der Waals surface area contributed by atoms with Crippen LogP contribution in [0.4, 0.5) is 4.39 Å². The number of carbonyl (C=O) groups excluding carboxylic acids is 2. The number of carboxylic acids is 1. The molecular weight excluding hydrogens is 419 g/mol. The summed E-state index contributed by atoms with van der Waals surface area (Å²) in [5, 5.41) is 23.9. The molecule has 0 aromatic heterocycles. The Hall–Kier alpha value is -3.62. The Balaban J connectivity index is 1.40. The summed E-state index contributed by atoms with van der Waals surface area (Å²) in [6, 6.07) is 9.75. The lowest BCUT2D eigenvalue weighted by Crippen LogP contribution is -2.34. The molecule has 1 aliphatic rings. The van der Waals surface area contributed by atoms with Crippen molar-refractivity contribution in [1.29, 1.82) is 0 Å². The predicted molar refractivity (Wildman–Crippen MR) is 113 cm³/mol. The molecule has 2 aromatic carbocycles. The highest BCUT2D eigenvalue weighted by molar-refractivity contribution is 5.97. The maximum absolute atomic E-state index is 13.0. The van der Waals surface area contributed by atoms with Crippen LogP contribution in [-0.4, -0.2) is 47.2 Å². The summed E-state index contributed by atoms with van der Waals surface area (Å²) < 4.78 is 18.9. The van der Waals surface area contributed by atoms with Gasteiger partial charge in [-0.15, -0.1) is 0 Å². The topological polar surface area (TPSA) is 125 Å². The van der Waals surface area contributed by atoms with Gasteiger partial charge in [-0.25, -0.2) is 4.39 Å². The Kier molecular flexibility index (Phi) is 7.64. The van der Waals surface area contributed by atoms with Gasteiger partial charge in [0.2, 0.25) is 0 Å². The molecule has 3 rings (SSSR count). The summed E-state index contributed by atoms with van der Waals surface area (Å²) in [6.45, 7) is 0.291. The number of aliphatic carboxylic acids is 1. The van der Waals surface area contributed by atoms with E-state index in [1.165, 1.54) is 6.07 Å². The number of phenols is 1. The average Bonchev–Trinajstić information content (AvgIpc) is 2.77. The molecule has 32 heavy (non-hydrogen) atoms. The van der Waals surface area contributed by atoms with Crippen LogP contribution in [0.5, 0.6) is 11.5 Å². The number of carbonyl (C=O) groups is 3. The van der Waals surface area contributed by atoms with Crippen molar-refractivity contribution in [2.75, 3.05) is 13.1 Å². The molecule has 0 aliphatic heterocycles. The van der Waals surface area contributed by atoms with E-state index in [4.69, 9.17) is 9.84 Å². The third-order valence-corrected chi connectivity index (χ3v) is 5.34. The van der Waals surface area contributed by atoms with E-state index in [0.717, 1.165) is 12.1 Å². The molecule has 1 fully saturated rings. The van der Waals surface area contributed by atoms with Gasteiger partial charge < -0.3 is 25.6 Å². The molecule has 2 aromatic rings. The van der Waals surface area contributed by atoms with Crippen LogP contribution in [0, 0.1) is 11.7 Å². The summed E-state index contributed by atoms with van der Waals surface area (Å²) in [5.74, 6) is -2.43. The van der Waals surface area contributed by atoms with E-state index >= 15 is 0 Å². The van der Waals surface area contributed by atoms with Crippen molar-refractivity contribution in [3.05, 3.63) is 59.4 Å². The Morgan fingerprint density at radius 2 is 1.56 bits per heavy atom. The Bertz CT molecular complexity index is 971. The molecule has 2 amide bonds. The number of nitrogens with one attached hydrogen (secondary N) is 2. The van der Waals surface area contributed by atoms with E-state index in [-0.39, 0.29) is 36.6 Å². The third-order valence-electron chi connectivity index (χ3n) is 5.34. The van der Waals surface area contributed by atoms with Gasteiger partial charge in [-0.3, -0.25) is 14.4 Å². The number of rotatable bonds is 8. The molecule has 1 aliphatic carbocycles. The molecule has 0 bridgehead atoms. The minimum Gasteiger partial charge on any atom is -0.507 e. The van der Waals surface area contributed by atoms with Crippen LogP contribution >= 0.6 is 0 Å². The summed E-state index contributed by atoms with van der Waals surface area (Å²) in [5.41, 5.74) is 0.374. The molecule has 0 atom stereocenters. The zero-order valence-corrected chi connectivity index (χ0v) is 17.3. The summed E-state index contributed by atoms with van der Waals surface area (Å²) in [7, 11) is 0. The first-order valence-electron chi connectivity index (χ1n) is 10.4. The molecule has 0 radical (unpaired) electrons. The van der Waals surface area contributed by atoms with Gasteiger partial charge in [-0.2, -0.15) is 0 Å². The minimum absolute atomic E-state index is 0.0329. The number of amides is 2. The number of hydrogen-bond acceptors (Lipinski definition) is 5. The molecule has 9 heteroatoms. The van der Waals surface area contributed by atoms with Crippen LogP contribution in [-0.2, 0) is 4.79 Å². The Morgan fingerprint density at radius 3 is 2.16 bits per heavy atom. The van der Waals surface area contributed by atoms with Crippen molar-refractivity contribution in [2.45, 2.75) is 31.8 Å². The molecular formula is C23H25FN2O6. The number of benzene rings is 2. The first-order chi connectivity index (χ1) is 15.3. The largest absolute Gasteiger partial charge is 0.507 e. The number of hydrogen-bond donors (Lipinski definition) is 4. The molecule has 1 saturated carbocycles. The highest BCUT2D eigenvalue weighted by atomic mass is 19.1. The second kappa shape index (κ2) is 10.6. The lowest BCUT2D eigenvalue weighted by Gasteiger charge is -2.26. The zero-order chi connectivity index (χ0) is 23.1. The fraction of sp³-hybridized carbons (Fsp3) is 0.348. The van der Waals surface area contributed by atoms with Gasteiger partial charge in [0.1, 0.15) is 17.3 Å². The fourth-order valence-electron chi connectivity index (χ4n) is 3.55. The maximum Gasteiger partial charge on any atom is 0.306 e. The second-order valence-electron chi connectivity index (χ2n) is 7.63. The molecule has 4 N–H and O–H groups in total. The molecule has 0 saturated heterocycles. The molecule has 0 heterocycles. The van der Waals surface area contributed by atoms with Crippen molar-refractivity contribution in [1.82, 2.24) is 10.6 Å². The average molecular weight is 444 g/mol. The predicted octanol–water partition coefficient (Wildman–Crippen LogP) is 2.71. The molecule has 0 spiro atoms. The van der Waals surface area contributed by atoms with Crippen molar-refractivity contribution in [3.8, 4) is 11.5 Å². The number of halogens is 1. The maximum atomic E-state index is 13.0. The molecule has 0 unspecified atom stereocenters. The Labute approximate surface area is 184 Å². The highest BCUT2D eigenvalue weighted by Gasteiger charge is 2.26. The summed E-state index contributed by atoms with van der Waals surface area (Å²) >= 11 is 0. The van der Waals surface area contributed by atoms with Gasteiger partial charge in [0.05, 0.1) is 17.6 Å². The van der Waals surface area contributed by atoms with Gasteiger partial charge >= 0.3 is 5.97 Å². The summed E-state index contributed by atoms with van der Waals surface area (Å²) in [6.07, 6.45) is 2.52. The smallest absolute Gasteiger partial charge is 0.306 e. The number of carboxylic acid groups (broad SMARTS) is 1. The van der Waals surface area contributed by atoms with Crippen LogP contribution in [0.15, 0.2) is 42.5 Å². The van der Waals surface area contributed by atoms with Gasteiger partial charge in [0, 0.05) is 24.7 Å². The fourth-order valence-corrected chi connectivity index (χ4v) is 3.55. The van der Waals surface area contributed by atoms with Crippen LogP contribution in [0.1, 0.15) is 46.4 Å². The lowest BCUT2D eigenvalue weighted by atomic mass is 9.87. The number of ether oxygens (including phenoxy) is 1. The van der Waals surface area contributed by atoms with Crippen molar-refractivity contribution in [2.24, 2.45) is 5.92 Å². The first kappa shape index (κ1) is 23.1. The lowest BCUT2D eigenvalue weighted by molar-refractivity contribution is -0.143. The Morgan fingerprint density at radius 1 is 0.938 bits per heavy atom. The molecule has 170 valence electrons. The highest BCUT2D eigenvalue weighted by Crippen LogP contribution is 2.28. The van der Waals surface area contributed by atoms with Gasteiger partial charge in [-0.1, -0.05) is 0 Å². The standard InChI is InChI=1S/C23H25FN2O6/c24-16-5-10-19(20(27)13-16)22(29)26-12-11-25-21(28)14-1-6-17(7-2-14)32-18-8-3-15(4-9-18)23(30)31/h1-2,5-7,10,13,15,18,27H,3-4,8-9,11-12H2,(H,25,28)(H,26,29)(H,30,31)/t15-,18+. The van der Waals surface area contributed by atoms with Crippen LogP contribution in [0.25, 0.3) is 0 Å². The van der Waals surface area contributed by atoms with E-state index in [0.29, 0.717) is 37.0 Å². The van der Waals surface area contributed by atoms with E-state index in [2.05, 4.69) is 10.6 Å². The summed E-state index contributed by atoms with van der Waals surface area (Å²) in [4.78, 5) is 35.3. The van der Waals surface area contributed by atoms with Crippen molar-refractivity contribution in [3.63, 3.8) is 0 Å². The van der Waals surface area contributed by atoms with E-state index in [1.807, 2.05) is 0 Å². The van der Waals surface area contributed by atoms with E-state index < -0.39 is 23.4 Å². The zero-order valence-electron chi connectivity index (χ0n) is 17.3. The van der Waals surface area contributed by atoms with E-state index in [9.17, 15) is 23.9 Å². The number of aromatic hydroxyl groups is 1. The van der Waals surface area contributed by atoms with Gasteiger partial charge in [-0.05, 0) is 62.1 Å². The third kappa shape index (κ3) is 6.19. The van der Waals surface area contributed by atoms with Crippen LogP contribution in [0.3, 0.4) is 0 Å². The van der Waals surface area contributed by atoms with Gasteiger partial charge in [0.15, 0.2) is 0 Å².